The van der Waals surface area contributed by atoms with Gasteiger partial charge in [-0.1, -0.05) is 174 Å². The second-order valence-electron chi connectivity index (χ2n) is 17.0. The van der Waals surface area contributed by atoms with Crippen LogP contribution in [0.25, 0.3) is 0 Å². The molecule has 13 nitrogen and oxygen atoms in total. The molecule has 0 heterocycles. The fraction of sp³-hybridized carbons (Fsp3) is 0.913. The Kier molecular flexibility index (Phi) is 34.9. The average Bonchev–Trinajstić information content (AvgIpc) is 3.23. The molecule has 14 heteroatoms. The molecule has 0 radical (unpaired) electrons. The predicted molar refractivity (Wildman–Crippen MR) is 235 cm³/mol. The van der Waals surface area contributed by atoms with E-state index in [0.29, 0.717) is 12.8 Å². The van der Waals surface area contributed by atoms with Gasteiger partial charge in [0, 0.05) is 12.8 Å². The number of esters is 2. The van der Waals surface area contributed by atoms with Crippen LogP contribution in [0.4, 0.5) is 0 Å². The van der Waals surface area contributed by atoms with Gasteiger partial charge in [-0.15, -0.1) is 0 Å². The Morgan fingerprint density at radius 2 is 0.850 bits per heavy atom. The van der Waals surface area contributed by atoms with E-state index in [2.05, 4.69) is 26.0 Å². The van der Waals surface area contributed by atoms with Crippen LogP contribution in [0.15, 0.2) is 12.2 Å². The van der Waals surface area contributed by atoms with Crippen molar-refractivity contribution in [2.45, 2.75) is 256 Å². The molecule has 1 aliphatic rings. The second kappa shape index (κ2) is 37.0. The molecule has 6 N–H and O–H groups in total. The molecular weight excluding hydrogens is 791 g/mol. The molecule has 0 aromatic heterocycles. The van der Waals surface area contributed by atoms with E-state index < -0.39 is 75.7 Å². The third-order valence-electron chi connectivity index (χ3n) is 11.4. The quantitative estimate of drug-likeness (QED) is 0.0147. The molecule has 0 aromatic carbocycles. The zero-order valence-corrected chi connectivity index (χ0v) is 38.4. The van der Waals surface area contributed by atoms with E-state index in [0.717, 1.165) is 51.4 Å². The normalized spacial score (nSPS) is 22.2. The number of phosphoric ester groups is 1. The Labute approximate surface area is 363 Å². The number of rotatable bonds is 40. The van der Waals surface area contributed by atoms with Gasteiger partial charge in [0.05, 0.1) is 6.61 Å². The highest BCUT2D eigenvalue weighted by Crippen LogP contribution is 2.47. The van der Waals surface area contributed by atoms with Crippen molar-refractivity contribution in [3.8, 4) is 0 Å². The number of ether oxygens (including phenoxy) is 2. The standard InChI is InChI=1S/C46H87O13P/c1-3-5-7-9-11-13-15-17-19-20-21-23-24-26-28-30-32-34-39(47)56-36-38(37-57-60(54,55)59-46-44(52)42(50)41(49)43(51)45(46)53)58-40(48)35-33-31-29-27-25-22-18-16-14-12-10-8-6-4-2/h17,19,38,41-46,49-53H,3-16,18,20-37H2,1-2H3,(H,54,55)/b19-17+/t38-,41?,42-,43?,44?,45?,46?/m0/s1. The largest absolute Gasteiger partial charge is 0.472 e. The molecule has 0 aromatic rings. The number of carbonyl (C=O) groups is 2. The number of aliphatic hydroxyl groups excluding tert-OH is 5. The second-order valence-corrected chi connectivity index (χ2v) is 18.4. The summed E-state index contributed by atoms with van der Waals surface area (Å²) in [4.78, 5) is 35.7. The Morgan fingerprint density at radius 3 is 1.27 bits per heavy atom. The maximum atomic E-state index is 12.8. The molecule has 0 amide bonds. The van der Waals surface area contributed by atoms with Crippen molar-refractivity contribution in [3.05, 3.63) is 12.2 Å². The lowest BCUT2D eigenvalue weighted by Crippen LogP contribution is -2.64. The van der Waals surface area contributed by atoms with Crippen LogP contribution in [0.1, 0.15) is 213 Å². The zero-order valence-electron chi connectivity index (χ0n) is 37.5. The van der Waals surface area contributed by atoms with Crippen molar-refractivity contribution in [3.63, 3.8) is 0 Å². The first-order valence-electron chi connectivity index (χ1n) is 24.0. The first-order chi connectivity index (χ1) is 28.9. The van der Waals surface area contributed by atoms with Crippen molar-refractivity contribution >= 4 is 19.8 Å². The molecule has 0 aliphatic heterocycles. The van der Waals surface area contributed by atoms with Gasteiger partial charge in [0.25, 0.3) is 0 Å². The van der Waals surface area contributed by atoms with Crippen molar-refractivity contribution in [1.29, 1.82) is 0 Å². The van der Waals surface area contributed by atoms with Gasteiger partial charge in [-0.05, 0) is 38.5 Å². The molecule has 6 unspecified atom stereocenters. The molecule has 1 aliphatic carbocycles. The first-order valence-corrected chi connectivity index (χ1v) is 25.5. The Hall–Kier alpha value is -1.41. The average molecular weight is 879 g/mol. The fourth-order valence-electron chi connectivity index (χ4n) is 7.46. The number of aliphatic hydroxyl groups is 5. The summed E-state index contributed by atoms with van der Waals surface area (Å²) in [6.07, 6.45) is 25.5. The van der Waals surface area contributed by atoms with Crippen LogP contribution in [0.2, 0.25) is 0 Å². The molecule has 1 saturated carbocycles. The lowest BCUT2D eigenvalue weighted by atomic mass is 9.85. The fourth-order valence-corrected chi connectivity index (χ4v) is 8.43. The van der Waals surface area contributed by atoms with Crippen LogP contribution in [-0.2, 0) is 32.7 Å². The lowest BCUT2D eigenvalue weighted by Gasteiger charge is -2.41. The molecule has 8 atom stereocenters. The SMILES string of the molecule is CCCCCCCC/C=C/CCCCCCCCCC(=O)OC[C@@H](COP(=O)(O)OC1C(O)C(O)C(O)[C@H](O)C1O)OC(=O)CCCCCCCCCCCCCCCC. The summed E-state index contributed by atoms with van der Waals surface area (Å²) in [6, 6.07) is 0. The van der Waals surface area contributed by atoms with Crippen LogP contribution >= 0.6 is 7.82 Å². The van der Waals surface area contributed by atoms with E-state index >= 15 is 0 Å². The van der Waals surface area contributed by atoms with E-state index in [1.165, 1.54) is 122 Å². The van der Waals surface area contributed by atoms with Crippen molar-refractivity contribution in [2.24, 2.45) is 0 Å². The van der Waals surface area contributed by atoms with Crippen LogP contribution < -0.4 is 0 Å². The highest BCUT2D eigenvalue weighted by molar-refractivity contribution is 7.47. The maximum absolute atomic E-state index is 12.8. The van der Waals surface area contributed by atoms with Gasteiger partial charge < -0.3 is 39.9 Å². The predicted octanol–water partition coefficient (Wildman–Crippen LogP) is 9.45. The van der Waals surface area contributed by atoms with Gasteiger partial charge in [0.15, 0.2) is 6.10 Å². The van der Waals surface area contributed by atoms with Gasteiger partial charge in [0.2, 0.25) is 0 Å². The van der Waals surface area contributed by atoms with E-state index in [-0.39, 0.29) is 12.8 Å². The molecule has 1 rings (SSSR count). The summed E-state index contributed by atoms with van der Waals surface area (Å²) < 4.78 is 33.6. The summed E-state index contributed by atoms with van der Waals surface area (Å²) in [5, 5.41) is 50.1. The number of phosphoric acid groups is 1. The monoisotopic (exact) mass is 879 g/mol. The Balaban J connectivity index is 2.43. The third-order valence-corrected chi connectivity index (χ3v) is 12.3. The van der Waals surface area contributed by atoms with Gasteiger partial charge in [0.1, 0.15) is 43.2 Å². The molecule has 0 spiro atoms. The van der Waals surface area contributed by atoms with Crippen LogP contribution in [-0.4, -0.2) is 98.3 Å². The maximum Gasteiger partial charge on any atom is 0.472 e. The number of unbranched alkanes of at least 4 members (excludes halogenated alkanes) is 26. The number of hydrogen-bond donors (Lipinski definition) is 6. The highest BCUT2D eigenvalue weighted by Gasteiger charge is 2.51. The number of allylic oxidation sites excluding steroid dienone is 2. The molecule has 0 bridgehead atoms. The Morgan fingerprint density at radius 1 is 0.500 bits per heavy atom. The van der Waals surface area contributed by atoms with E-state index in [1.54, 1.807) is 0 Å². The van der Waals surface area contributed by atoms with Gasteiger partial charge in [-0.2, -0.15) is 0 Å². The summed E-state index contributed by atoms with van der Waals surface area (Å²) in [5.41, 5.74) is 0. The van der Waals surface area contributed by atoms with Gasteiger partial charge >= 0.3 is 19.8 Å². The highest BCUT2D eigenvalue weighted by atomic mass is 31.2. The minimum Gasteiger partial charge on any atom is -0.462 e. The van der Waals surface area contributed by atoms with Crippen molar-refractivity contribution < 1.29 is 63.1 Å². The zero-order chi connectivity index (χ0) is 44.3. The smallest absolute Gasteiger partial charge is 0.462 e. The molecule has 0 saturated heterocycles. The van der Waals surface area contributed by atoms with Crippen LogP contribution in [0.3, 0.4) is 0 Å². The van der Waals surface area contributed by atoms with Crippen LogP contribution in [0, 0.1) is 0 Å². The summed E-state index contributed by atoms with van der Waals surface area (Å²) in [5.74, 6) is -1.09. The lowest BCUT2D eigenvalue weighted by molar-refractivity contribution is -0.220. The summed E-state index contributed by atoms with van der Waals surface area (Å²) in [6.45, 7) is 3.31. The Bertz CT molecular complexity index is 1110. The topological polar surface area (TPSA) is 210 Å². The number of carbonyl (C=O) groups excluding carboxylic acids is 2. The third kappa shape index (κ3) is 29.0. The summed E-state index contributed by atoms with van der Waals surface area (Å²) >= 11 is 0. The molecular formula is C46H87O13P. The summed E-state index contributed by atoms with van der Waals surface area (Å²) in [7, 11) is -5.11. The van der Waals surface area contributed by atoms with Crippen molar-refractivity contribution in [2.75, 3.05) is 13.2 Å². The van der Waals surface area contributed by atoms with E-state index in [1.807, 2.05) is 0 Å². The molecule has 354 valence electrons. The van der Waals surface area contributed by atoms with Gasteiger partial charge in [-0.25, -0.2) is 4.57 Å². The van der Waals surface area contributed by atoms with Crippen molar-refractivity contribution in [1.82, 2.24) is 0 Å². The molecule has 1 fully saturated rings. The van der Waals surface area contributed by atoms with Gasteiger partial charge in [-0.3, -0.25) is 18.6 Å². The first kappa shape index (κ1) is 56.6. The molecule has 60 heavy (non-hydrogen) atoms. The van der Waals surface area contributed by atoms with E-state index in [4.69, 9.17) is 18.5 Å². The minimum absolute atomic E-state index is 0.101. The van der Waals surface area contributed by atoms with Crippen LogP contribution in [0.5, 0.6) is 0 Å². The number of hydrogen-bond acceptors (Lipinski definition) is 12. The van der Waals surface area contributed by atoms with E-state index in [9.17, 15) is 44.6 Å². The minimum atomic E-state index is -5.11.